The number of hydrogen-bond donors (Lipinski definition) is 4. The van der Waals surface area contributed by atoms with Crippen LogP contribution in [0.1, 0.15) is 5.56 Å². The van der Waals surface area contributed by atoms with E-state index in [1.54, 1.807) is 0 Å². The molecule has 1 rings (SSSR count). The summed E-state index contributed by atoms with van der Waals surface area (Å²) in [6.45, 7) is 0. The summed E-state index contributed by atoms with van der Waals surface area (Å²) in [7, 11) is 0. The zero-order valence-corrected chi connectivity index (χ0v) is 6.55. The van der Waals surface area contributed by atoms with Gasteiger partial charge in [0.25, 0.3) is 0 Å². The molecule has 0 saturated heterocycles. The quantitative estimate of drug-likeness (QED) is 0.380. The van der Waals surface area contributed by atoms with Crippen LogP contribution in [0.25, 0.3) is 0 Å². The Morgan fingerprint density at radius 1 is 1.09 bits per heavy atom. The predicted molar refractivity (Wildman–Crippen MR) is 44.1 cm³/mol. The Bertz CT molecular complexity index is 273. The Kier molecular flexibility index (Phi) is 2.14. The monoisotopic (exact) mass is 172 g/mol. The fourth-order valence-electron chi connectivity index (χ4n) is 0.738. The van der Waals surface area contributed by atoms with Crippen molar-refractivity contribution < 1.29 is 15.3 Å². The van der Waals surface area contributed by atoms with Gasteiger partial charge < -0.3 is 15.3 Å². The minimum atomic E-state index is -0.489. The third-order valence-electron chi connectivity index (χ3n) is 1.38. The number of benzene rings is 1. The summed E-state index contributed by atoms with van der Waals surface area (Å²) >= 11 is 3.91. The highest BCUT2D eigenvalue weighted by molar-refractivity contribution is 7.79. The molecule has 3 nitrogen and oxygen atoms in total. The minimum Gasteiger partial charge on any atom is -0.504 e. The van der Waals surface area contributed by atoms with E-state index in [1.807, 2.05) is 0 Å². The van der Waals surface area contributed by atoms with Crippen molar-refractivity contribution in [3.05, 3.63) is 17.7 Å². The lowest BCUT2D eigenvalue weighted by Gasteiger charge is -2.03. The molecule has 0 amide bonds. The third-order valence-corrected chi connectivity index (χ3v) is 1.72. The fraction of sp³-hybridized carbons (Fsp3) is 0.143. The average Bonchev–Trinajstić information content (AvgIpc) is 2.01. The van der Waals surface area contributed by atoms with E-state index < -0.39 is 5.75 Å². The van der Waals surface area contributed by atoms with Gasteiger partial charge in [0.1, 0.15) is 0 Å². The molecule has 0 fully saturated rings. The zero-order valence-electron chi connectivity index (χ0n) is 5.65. The molecule has 4 heteroatoms. The van der Waals surface area contributed by atoms with Gasteiger partial charge in [0.2, 0.25) is 5.75 Å². The highest BCUT2D eigenvalue weighted by atomic mass is 32.1. The Balaban J connectivity index is 3.25. The molecule has 11 heavy (non-hydrogen) atoms. The van der Waals surface area contributed by atoms with E-state index in [2.05, 4.69) is 12.6 Å². The number of phenols is 3. The van der Waals surface area contributed by atoms with Crippen LogP contribution in [-0.2, 0) is 5.75 Å². The van der Waals surface area contributed by atoms with Crippen molar-refractivity contribution in [1.82, 2.24) is 0 Å². The van der Waals surface area contributed by atoms with Gasteiger partial charge in [-0.2, -0.15) is 12.6 Å². The second-order valence-electron chi connectivity index (χ2n) is 2.10. The molecule has 0 bridgehead atoms. The molecule has 0 heterocycles. The fourth-order valence-corrected chi connectivity index (χ4v) is 0.994. The molecule has 0 radical (unpaired) electrons. The molecule has 0 aromatic heterocycles. The summed E-state index contributed by atoms with van der Waals surface area (Å²) in [6.07, 6.45) is 0. The summed E-state index contributed by atoms with van der Waals surface area (Å²) in [5.41, 5.74) is 0.489. The predicted octanol–water partition coefficient (Wildman–Crippen LogP) is 1.23. The average molecular weight is 172 g/mol. The lowest BCUT2D eigenvalue weighted by molar-refractivity contribution is 0.366. The first-order valence-electron chi connectivity index (χ1n) is 3.00. The Morgan fingerprint density at radius 3 is 2.27 bits per heavy atom. The largest absolute Gasteiger partial charge is 0.504 e. The molecule has 1 aromatic rings. The van der Waals surface area contributed by atoms with Gasteiger partial charge in [0, 0.05) is 11.3 Å². The normalized spacial score (nSPS) is 9.91. The number of thiol groups is 1. The molecule has 0 aliphatic carbocycles. The maximum absolute atomic E-state index is 9.12. The number of phenolic OH excluding ortho intramolecular Hbond substituents is 3. The molecule has 0 saturated carbocycles. The van der Waals surface area contributed by atoms with Crippen molar-refractivity contribution in [2.75, 3.05) is 0 Å². The van der Waals surface area contributed by atoms with Crippen molar-refractivity contribution in [2.24, 2.45) is 0 Å². The maximum atomic E-state index is 9.12. The van der Waals surface area contributed by atoms with Gasteiger partial charge in [0.15, 0.2) is 11.5 Å². The van der Waals surface area contributed by atoms with E-state index in [4.69, 9.17) is 15.3 Å². The van der Waals surface area contributed by atoms with E-state index in [1.165, 1.54) is 12.1 Å². The molecule has 0 spiro atoms. The van der Waals surface area contributed by atoms with Crippen molar-refractivity contribution in [2.45, 2.75) is 5.75 Å². The third kappa shape index (κ3) is 1.35. The Labute approximate surface area is 69.3 Å². The van der Waals surface area contributed by atoms with E-state index in [0.29, 0.717) is 11.3 Å². The summed E-state index contributed by atoms with van der Waals surface area (Å²) in [4.78, 5) is 0. The van der Waals surface area contributed by atoms with Gasteiger partial charge in [-0.1, -0.05) is 6.07 Å². The lowest BCUT2D eigenvalue weighted by atomic mass is 10.2. The molecule has 1 aromatic carbocycles. The summed E-state index contributed by atoms with van der Waals surface area (Å²) in [5, 5.41) is 27.0. The molecule has 0 atom stereocenters. The molecule has 3 N–H and O–H groups in total. The van der Waals surface area contributed by atoms with Gasteiger partial charge in [-0.25, -0.2) is 0 Å². The van der Waals surface area contributed by atoms with Crippen molar-refractivity contribution in [1.29, 1.82) is 0 Å². The Morgan fingerprint density at radius 2 is 1.73 bits per heavy atom. The maximum Gasteiger partial charge on any atom is 0.200 e. The van der Waals surface area contributed by atoms with Crippen LogP contribution >= 0.6 is 12.6 Å². The molecule has 0 unspecified atom stereocenters. The van der Waals surface area contributed by atoms with Crippen molar-refractivity contribution in [3.63, 3.8) is 0 Å². The second kappa shape index (κ2) is 2.92. The van der Waals surface area contributed by atoms with E-state index in [0.717, 1.165) is 0 Å². The minimum absolute atomic E-state index is 0.306. The molecular formula is C7H8O3S. The first kappa shape index (κ1) is 8.07. The molecule has 0 aliphatic heterocycles. The van der Waals surface area contributed by atoms with Gasteiger partial charge in [-0.15, -0.1) is 0 Å². The van der Waals surface area contributed by atoms with Crippen LogP contribution in [0, 0.1) is 0 Å². The standard InChI is InChI=1S/C7H8O3S/c8-5-2-1-4(3-11)6(9)7(5)10/h1-2,8-11H,3H2. The topological polar surface area (TPSA) is 60.7 Å². The Hall–Kier alpha value is -1.03. The van der Waals surface area contributed by atoms with Crippen LogP contribution in [0.2, 0.25) is 0 Å². The number of hydrogen-bond acceptors (Lipinski definition) is 4. The first-order valence-corrected chi connectivity index (χ1v) is 3.63. The molecule has 60 valence electrons. The molecule has 0 aliphatic rings. The number of aromatic hydroxyl groups is 3. The van der Waals surface area contributed by atoms with Gasteiger partial charge in [0.05, 0.1) is 0 Å². The van der Waals surface area contributed by atoms with Gasteiger partial charge in [-0.3, -0.25) is 0 Å². The summed E-state index contributed by atoms with van der Waals surface area (Å²) in [5.74, 6) is -0.802. The van der Waals surface area contributed by atoms with Crippen molar-refractivity contribution >= 4 is 12.6 Å². The zero-order chi connectivity index (χ0) is 8.43. The highest BCUT2D eigenvalue weighted by Gasteiger charge is 2.08. The van der Waals surface area contributed by atoms with Gasteiger partial charge >= 0.3 is 0 Å². The van der Waals surface area contributed by atoms with Gasteiger partial charge in [-0.05, 0) is 6.07 Å². The first-order chi connectivity index (χ1) is 5.16. The number of rotatable bonds is 1. The van der Waals surface area contributed by atoms with Crippen LogP contribution < -0.4 is 0 Å². The van der Waals surface area contributed by atoms with Crippen LogP contribution in [0.3, 0.4) is 0 Å². The second-order valence-corrected chi connectivity index (χ2v) is 2.42. The van der Waals surface area contributed by atoms with Crippen LogP contribution in [0.15, 0.2) is 12.1 Å². The van der Waals surface area contributed by atoms with E-state index in [9.17, 15) is 0 Å². The highest BCUT2D eigenvalue weighted by Crippen LogP contribution is 2.37. The summed E-state index contributed by atoms with van der Waals surface area (Å²) in [6, 6.07) is 2.80. The molecular weight excluding hydrogens is 164 g/mol. The van der Waals surface area contributed by atoms with Crippen LogP contribution in [0.5, 0.6) is 17.2 Å². The smallest absolute Gasteiger partial charge is 0.200 e. The van der Waals surface area contributed by atoms with Crippen LogP contribution in [-0.4, -0.2) is 15.3 Å². The lowest BCUT2D eigenvalue weighted by Crippen LogP contribution is -1.79. The van der Waals surface area contributed by atoms with E-state index in [-0.39, 0.29) is 11.5 Å². The SMILES string of the molecule is Oc1ccc(CS)c(O)c1O. The van der Waals surface area contributed by atoms with Crippen molar-refractivity contribution in [3.8, 4) is 17.2 Å². The summed E-state index contributed by atoms with van der Waals surface area (Å²) < 4.78 is 0. The van der Waals surface area contributed by atoms with E-state index >= 15 is 0 Å². The van der Waals surface area contributed by atoms with Crippen LogP contribution in [0.4, 0.5) is 0 Å².